The first-order valence-electron chi connectivity index (χ1n) is 7.73. The zero-order valence-corrected chi connectivity index (χ0v) is 14.1. The van der Waals surface area contributed by atoms with Crippen molar-refractivity contribution in [3.05, 3.63) is 81.8 Å². The van der Waals surface area contributed by atoms with Gasteiger partial charge in [-0.25, -0.2) is 4.98 Å². The van der Waals surface area contributed by atoms with Gasteiger partial charge in [0.05, 0.1) is 15.8 Å². The van der Waals surface area contributed by atoms with E-state index in [9.17, 15) is 18.0 Å². The third kappa shape index (κ3) is 3.15. The van der Waals surface area contributed by atoms with Gasteiger partial charge in [-0.05, 0) is 29.8 Å². The summed E-state index contributed by atoms with van der Waals surface area (Å²) in [6, 6.07) is 13.9. The highest BCUT2D eigenvalue weighted by molar-refractivity contribution is 7.20. The van der Waals surface area contributed by atoms with Gasteiger partial charge in [0.25, 0.3) is 5.56 Å². The second-order valence-corrected chi connectivity index (χ2v) is 6.80. The third-order valence-corrected chi connectivity index (χ3v) is 4.94. The van der Waals surface area contributed by atoms with Crippen LogP contribution in [0.5, 0.6) is 0 Å². The number of benzene rings is 2. The predicted octanol–water partition coefficient (Wildman–Crippen LogP) is 4.38. The fourth-order valence-corrected chi connectivity index (χ4v) is 3.60. The molecule has 0 bridgehead atoms. The largest absolute Gasteiger partial charge is 0.416 e. The summed E-state index contributed by atoms with van der Waals surface area (Å²) in [6.45, 7) is 0. The Kier molecular flexibility index (Phi) is 3.91. The molecule has 0 saturated heterocycles. The second-order valence-electron chi connectivity index (χ2n) is 5.79. The molecule has 4 nitrogen and oxygen atoms in total. The van der Waals surface area contributed by atoms with Gasteiger partial charge in [-0.15, -0.1) is 0 Å². The third-order valence-electron chi connectivity index (χ3n) is 3.92. The van der Waals surface area contributed by atoms with Crippen LogP contribution in [0.15, 0.2) is 59.4 Å². The molecule has 2 aromatic carbocycles. The molecule has 132 valence electrons. The molecule has 0 aliphatic heterocycles. The van der Waals surface area contributed by atoms with Crippen molar-refractivity contribution >= 4 is 21.6 Å². The molecule has 26 heavy (non-hydrogen) atoms. The number of hydrogen-bond donors (Lipinski definition) is 1. The maximum absolute atomic E-state index is 12.6. The van der Waals surface area contributed by atoms with Crippen molar-refractivity contribution in [2.45, 2.75) is 12.6 Å². The van der Waals surface area contributed by atoms with Crippen LogP contribution in [0.2, 0.25) is 0 Å². The predicted molar refractivity (Wildman–Crippen MR) is 93.8 cm³/mol. The molecule has 0 aliphatic rings. The van der Waals surface area contributed by atoms with Crippen molar-refractivity contribution in [1.82, 2.24) is 14.8 Å². The molecule has 2 aromatic heterocycles. The smallest absolute Gasteiger partial charge is 0.293 e. The highest BCUT2D eigenvalue weighted by Crippen LogP contribution is 2.29. The van der Waals surface area contributed by atoms with E-state index in [2.05, 4.69) is 10.1 Å². The minimum atomic E-state index is -4.36. The van der Waals surface area contributed by atoms with Crippen LogP contribution in [-0.2, 0) is 12.6 Å². The molecule has 0 saturated carbocycles. The summed E-state index contributed by atoms with van der Waals surface area (Å²) in [5, 5.41) is 3.50. The van der Waals surface area contributed by atoms with Gasteiger partial charge < -0.3 is 0 Å². The Morgan fingerprint density at radius 1 is 1.08 bits per heavy atom. The monoisotopic (exact) mass is 375 g/mol. The molecule has 0 fully saturated rings. The summed E-state index contributed by atoms with van der Waals surface area (Å²) in [7, 11) is 0. The van der Waals surface area contributed by atoms with Crippen LogP contribution in [0.4, 0.5) is 13.2 Å². The van der Waals surface area contributed by atoms with E-state index in [0.717, 1.165) is 22.3 Å². The number of hydrogen-bond acceptors (Lipinski definition) is 3. The van der Waals surface area contributed by atoms with Gasteiger partial charge in [0.2, 0.25) is 5.13 Å². The first-order valence-corrected chi connectivity index (χ1v) is 8.55. The van der Waals surface area contributed by atoms with Gasteiger partial charge in [-0.2, -0.15) is 17.9 Å². The molecule has 0 radical (unpaired) electrons. The summed E-state index contributed by atoms with van der Waals surface area (Å²) >= 11 is 1.38. The van der Waals surface area contributed by atoms with Crippen LogP contribution in [0, 0.1) is 0 Å². The molecule has 0 spiro atoms. The maximum atomic E-state index is 12.6. The Labute approximate surface area is 149 Å². The van der Waals surface area contributed by atoms with E-state index in [1.165, 1.54) is 34.2 Å². The number of thiazole rings is 1. The maximum Gasteiger partial charge on any atom is 0.416 e. The minimum absolute atomic E-state index is 0.258. The number of aromatic amines is 1. The number of para-hydroxylation sites is 1. The van der Waals surface area contributed by atoms with E-state index in [1.54, 1.807) is 0 Å². The highest BCUT2D eigenvalue weighted by Gasteiger charge is 2.29. The molecule has 4 rings (SSSR count). The van der Waals surface area contributed by atoms with Gasteiger partial charge in [-0.3, -0.25) is 9.89 Å². The number of H-pyrrole nitrogens is 1. The number of alkyl halides is 3. The van der Waals surface area contributed by atoms with E-state index >= 15 is 0 Å². The minimum Gasteiger partial charge on any atom is -0.293 e. The normalized spacial score (nSPS) is 12.0. The molecule has 0 amide bonds. The summed E-state index contributed by atoms with van der Waals surface area (Å²) in [4.78, 5) is 16.7. The molecular weight excluding hydrogens is 363 g/mol. The summed E-state index contributed by atoms with van der Waals surface area (Å²) in [5.41, 5.74) is 1.13. The van der Waals surface area contributed by atoms with Crippen LogP contribution in [0.3, 0.4) is 0 Å². The Bertz CT molecular complexity index is 1090. The lowest BCUT2D eigenvalue weighted by molar-refractivity contribution is -0.137. The summed E-state index contributed by atoms with van der Waals surface area (Å²) in [5.74, 6) is 0. The zero-order valence-electron chi connectivity index (χ0n) is 13.2. The van der Waals surface area contributed by atoms with Crippen LogP contribution in [0.25, 0.3) is 15.3 Å². The number of rotatable bonds is 3. The van der Waals surface area contributed by atoms with Crippen molar-refractivity contribution in [1.29, 1.82) is 0 Å². The van der Waals surface area contributed by atoms with Crippen molar-refractivity contribution in [3.63, 3.8) is 0 Å². The highest BCUT2D eigenvalue weighted by atomic mass is 32.1. The van der Waals surface area contributed by atoms with Crippen LogP contribution in [-0.4, -0.2) is 14.8 Å². The zero-order chi connectivity index (χ0) is 18.3. The van der Waals surface area contributed by atoms with E-state index in [4.69, 9.17) is 0 Å². The first kappa shape index (κ1) is 16.6. The number of nitrogens with one attached hydrogen (secondary N) is 1. The van der Waals surface area contributed by atoms with E-state index in [0.29, 0.717) is 22.8 Å². The quantitative estimate of drug-likeness (QED) is 0.578. The molecule has 8 heteroatoms. The van der Waals surface area contributed by atoms with Gasteiger partial charge >= 0.3 is 6.18 Å². The number of halogens is 3. The lowest BCUT2D eigenvalue weighted by Crippen LogP contribution is -2.12. The Morgan fingerprint density at radius 3 is 2.50 bits per heavy atom. The average Bonchev–Trinajstić information content (AvgIpc) is 3.17. The summed E-state index contributed by atoms with van der Waals surface area (Å²) < 4.78 is 40.2. The van der Waals surface area contributed by atoms with E-state index in [1.807, 2.05) is 24.3 Å². The SMILES string of the molecule is O=c1cc(Cc2ccc(C(F)(F)F)cc2)[nH]n1-c1nc2ccccc2s1. The molecular formula is C18H12F3N3OS. The Hall–Kier alpha value is -2.87. The molecule has 0 atom stereocenters. The molecule has 1 N–H and O–H groups in total. The van der Waals surface area contributed by atoms with Crippen molar-refractivity contribution in [3.8, 4) is 5.13 Å². The molecule has 2 heterocycles. The van der Waals surface area contributed by atoms with Gasteiger partial charge in [-0.1, -0.05) is 35.6 Å². The lowest BCUT2D eigenvalue weighted by Gasteiger charge is -2.07. The number of nitrogens with zero attached hydrogens (tertiary/aromatic N) is 2. The Morgan fingerprint density at radius 2 is 1.81 bits per heavy atom. The van der Waals surface area contributed by atoms with Crippen LogP contribution >= 0.6 is 11.3 Å². The van der Waals surface area contributed by atoms with E-state index < -0.39 is 11.7 Å². The van der Waals surface area contributed by atoms with Crippen molar-refractivity contribution in [2.24, 2.45) is 0 Å². The van der Waals surface area contributed by atoms with Crippen molar-refractivity contribution < 1.29 is 13.2 Å². The number of fused-ring (bicyclic) bond motifs is 1. The standard InChI is InChI=1S/C18H12F3N3OS/c19-18(20,21)12-7-5-11(6-8-12)9-13-10-16(25)24(23-13)17-22-14-3-1-2-4-15(14)26-17/h1-8,10,23H,9H2. The first-order chi connectivity index (χ1) is 12.4. The average molecular weight is 375 g/mol. The molecule has 0 aliphatic carbocycles. The fourth-order valence-electron chi connectivity index (χ4n) is 2.66. The molecule has 4 aromatic rings. The topological polar surface area (TPSA) is 50.7 Å². The van der Waals surface area contributed by atoms with E-state index in [-0.39, 0.29) is 5.56 Å². The molecule has 0 unspecified atom stereocenters. The number of aromatic nitrogens is 3. The second kappa shape index (κ2) is 6.14. The Balaban J connectivity index is 1.61. The van der Waals surface area contributed by atoms with Crippen LogP contribution in [0.1, 0.15) is 16.8 Å². The fraction of sp³-hybridized carbons (Fsp3) is 0.111. The summed E-state index contributed by atoms with van der Waals surface area (Å²) in [6.07, 6.45) is -4.03. The van der Waals surface area contributed by atoms with Gasteiger partial charge in [0, 0.05) is 18.2 Å². The van der Waals surface area contributed by atoms with Crippen LogP contribution < -0.4 is 5.56 Å². The van der Waals surface area contributed by atoms with Gasteiger partial charge in [0.15, 0.2) is 0 Å². The van der Waals surface area contributed by atoms with Gasteiger partial charge in [0.1, 0.15) is 0 Å². The lowest BCUT2D eigenvalue weighted by atomic mass is 10.1. The van der Waals surface area contributed by atoms with Crippen molar-refractivity contribution in [2.75, 3.05) is 0 Å².